The van der Waals surface area contributed by atoms with Gasteiger partial charge in [0.15, 0.2) is 5.69 Å². The summed E-state index contributed by atoms with van der Waals surface area (Å²) in [6.45, 7) is 2.07. The van der Waals surface area contributed by atoms with Crippen molar-refractivity contribution in [2.75, 3.05) is 20.2 Å². The quantitative estimate of drug-likeness (QED) is 0.921. The molecule has 2 aromatic rings. The molecule has 0 aliphatic carbocycles. The van der Waals surface area contributed by atoms with Crippen molar-refractivity contribution in [2.24, 2.45) is 5.92 Å². The predicted molar refractivity (Wildman–Crippen MR) is 85.0 cm³/mol. The van der Waals surface area contributed by atoms with Crippen molar-refractivity contribution in [2.45, 2.75) is 18.9 Å². The Balaban J connectivity index is 1.56. The lowest BCUT2D eigenvalue weighted by Crippen LogP contribution is -2.46. The van der Waals surface area contributed by atoms with Crippen LogP contribution in [-0.2, 0) is 0 Å². The van der Waals surface area contributed by atoms with Gasteiger partial charge in [0.1, 0.15) is 5.75 Å². The molecule has 1 fully saturated rings. The highest BCUT2D eigenvalue weighted by molar-refractivity contribution is 6.05. The molecule has 0 radical (unpaired) electrons. The van der Waals surface area contributed by atoms with Gasteiger partial charge in [-0.15, -0.1) is 0 Å². The van der Waals surface area contributed by atoms with Gasteiger partial charge in [-0.3, -0.25) is 9.89 Å². The second kappa shape index (κ2) is 4.50. The lowest BCUT2D eigenvalue weighted by atomic mass is 9.99. The van der Waals surface area contributed by atoms with Crippen LogP contribution in [0.2, 0.25) is 0 Å². The Morgan fingerprint density at radius 3 is 3.22 bits per heavy atom. The smallest absolute Gasteiger partial charge is 0.279 e. The first-order valence-corrected chi connectivity index (χ1v) is 8.06. The van der Waals surface area contributed by atoms with Gasteiger partial charge in [0, 0.05) is 42.4 Å². The molecule has 1 aromatic carbocycles. The predicted octanol–water partition coefficient (Wildman–Crippen LogP) is 1.96. The fraction of sp³-hybridized carbons (Fsp3) is 0.412. The third-order valence-electron chi connectivity index (χ3n) is 5.33. The number of benzene rings is 1. The highest BCUT2D eigenvalue weighted by Gasteiger charge is 2.46. The van der Waals surface area contributed by atoms with Crippen molar-refractivity contribution in [1.29, 1.82) is 0 Å². The van der Waals surface area contributed by atoms with Gasteiger partial charge in [0.2, 0.25) is 0 Å². The van der Waals surface area contributed by atoms with Crippen LogP contribution in [0.25, 0.3) is 10.9 Å². The van der Waals surface area contributed by atoms with Gasteiger partial charge in [-0.05, 0) is 25.0 Å². The van der Waals surface area contributed by atoms with Crippen LogP contribution in [0.15, 0.2) is 30.1 Å². The van der Waals surface area contributed by atoms with E-state index in [0.717, 1.165) is 42.6 Å². The van der Waals surface area contributed by atoms with Gasteiger partial charge in [-0.1, -0.05) is 0 Å². The maximum Gasteiger partial charge on any atom is 0.279 e. The van der Waals surface area contributed by atoms with Crippen LogP contribution >= 0.6 is 0 Å². The van der Waals surface area contributed by atoms with Crippen molar-refractivity contribution in [3.05, 3.63) is 35.8 Å². The van der Waals surface area contributed by atoms with E-state index in [1.165, 1.54) is 5.70 Å². The lowest BCUT2D eigenvalue weighted by molar-refractivity contribution is 0.0716. The third-order valence-corrected chi connectivity index (χ3v) is 5.33. The van der Waals surface area contributed by atoms with Gasteiger partial charge in [0.25, 0.3) is 5.91 Å². The Bertz CT molecular complexity index is 838. The highest BCUT2D eigenvalue weighted by Crippen LogP contribution is 2.43. The molecule has 3 aliphatic heterocycles. The van der Waals surface area contributed by atoms with Crippen molar-refractivity contribution in [1.82, 2.24) is 20.0 Å². The largest absolute Gasteiger partial charge is 0.497 e. The Kier molecular flexibility index (Phi) is 2.54. The summed E-state index contributed by atoms with van der Waals surface area (Å²) < 4.78 is 5.23. The molecular weight excluding hydrogens is 292 g/mol. The molecular formula is C17H18N4O2. The lowest BCUT2D eigenvalue weighted by Gasteiger charge is -2.38. The number of carbonyl (C=O) groups is 1. The van der Waals surface area contributed by atoms with E-state index in [1.807, 2.05) is 23.1 Å². The summed E-state index contributed by atoms with van der Waals surface area (Å²) in [5.41, 5.74) is 2.52. The van der Waals surface area contributed by atoms with Crippen LogP contribution in [0.1, 0.15) is 23.3 Å². The molecule has 1 N–H and O–H groups in total. The first-order chi connectivity index (χ1) is 11.2. The van der Waals surface area contributed by atoms with Crippen molar-refractivity contribution in [3.8, 4) is 5.75 Å². The van der Waals surface area contributed by atoms with Gasteiger partial charge in [-0.25, -0.2) is 0 Å². The van der Waals surface area contributed by atoms with Crippen LogP contribution in [0.3, 0.4) is 0 Å². The summed E-state index contributed by atoms with van der Waals surface area (Å²) >= 11 is 0. The number of ether oxygens (including phenoxy) is 1. The van der Waals surface area contributed by atoms with E-state index in [1.54, 1.807) is 7.11 Å². The Hall–Kier alpha value is -2.50. The van der Waals surface area contributed by atoms with E-state index in [4.69, 9.17) is 4.74 Å². The van der Waals surface area contributed by atoms with Crippen molar-refractivity contribution >= 4 is 16.8 Å². The molecule has 3 bridgehead atoms. The van der Waals surface area contributed by atoms with E-state index in [9.17, 15) is 4.79 Å². The molecule has 2 unspecified atom stereocenters. The number of aromatic amines is 1. The molecule has 0 saturated carbocycles. The number of rotatable bonds is 2. The highest BCUT2D eigenvalue weighted by atomic mass is 16.5. The van der Waals surface area contributed by atoms with Gasteiger partial charge < -0.3 is 14.5 Å². The molecule has 6 nitrogen and oxygen atoms in total. The molecule has 5 rings (SSSR count). The van der Waals surface area contributed by atoms with Gasteiger partial charge >= 0.3 is 0 Å². The summed E-state index contributed by atoms with van der Waals surface area (Å²) in [5.74, 6) is 1.31. The number of allylic oxidation sites excluding steroid dienone is 1. The molecule has 1 amide bonds. The average Bonchev–Trinajstić information content (AvgIpc) is 3.02. The molecule has 23 heavy (non-hydrogen) atoms. The minimum Gasteiger partial charge on any atom is -0.497 e. The van der Waals surface area contributed by atoms with E-state index in [2.05, 4.69) is 21.3 Å². The minimum atomic E-state index is 0.0155. The summed E-state index contributed by atoms with van der Waals surface area (Å²) in [6.07, 6.45) is 4.42. The van der Waals surface area contributed by atoms with Crippen LogP contribution in [0.5, 0.6) is 5.75 Å². The number of carbonyl (C=O) groups excluding carboxylic acids is 1. The maximum absolute atomic E-state index is 13.1. The number of H-pyrrole nitrogens is 1. The summed E-state index contributed by atoms with van der Waals surface area (Å²) in [7, 11) is 1.63. The van der Waals surface area contributed by atoms with E-state index < -0.39 is 0 Å². The number of hydrogen-bond donors (Lipinski definition) is 1. The Labute approximate surface area is 133 Å². The number of nitrogens with one attached hydrogen (secondary N) is 1. The molecule has 118 valence electrons. The zero-order valence-electron chi connectivity index (χ0n) is 13.0. The number of methoxy groups -OCH3 is 1. The molecule has 3 aliphatic rings. The zero-order valence-corrected chi connectivity index (χ0v) is 13.0. The number of amides is 1. The first kappa shape index (κ1) is 13.0. The summed E-state index contributed by atoms with van der Waals surface area (Å²) in [6, 6.07) is 5.93. The molecule has 0 spiro atoms. The topological polar surface area (TPSA) is 61.5 Å². The second-order valence-corrected chi connectivity index (χ2v) is 6.58. The Morgan fingerprint density at radius 1 is 1.43 bits per heavy atom. The minimum absolute atomic E-state index is 0.0155. The number of nitrogens with zero attached hydrogens (tertiary/aromatic N) is 3. The first-order valence-electron chi connectivity index (χ1n) is 8.06. The number of fused-ring (bicyclic) bond motifs is 3. The molecule has 1 saturated heterocycles. The molecule has 6 heteroatoms. The van der Waals surface area contributed by atoms with Crippen LogP contribution in [-0.4, -0.2) is 52.1 Å². The van der Waals surface area contributed by atoms with Gasteiger partial charge in [0.05, 0.1) is 18.7 Å². The molecule has 1 aromatic heterocycles. The van der Waals surface area contributed by atoms with Gasteiger partial charge in [-0.2, -0.15) is 5.10 Å². The summed E-state index contributed by atoms with van der Waals surface area (Å²) in [4.78, 5) is 17.5. The fourth-order valence-electron chi connectivity index (χ4n) is 4.23. The average molecular weight is 310 g/mol. The van der Waals surface area contributed by atoms with Crippen LogP contribution < -0.4 is 4.74 Å². The van der Waals surface area contributed by atoms with Crippen molar-refractivity contribution < 1.29 is 9.53 Å². The van der Waals surface area contributed by atoms with E-state index >= 15 is 0 Å². The Morgan fingerprint density at radius 2 is 2.35 bits per heavy atom. The van der Waals surface area contributed by atoms with Crippen LogP contribution in [0.4, 0.5) is 0 Å². The zero-order chi connectivity index (χ0) is 15.6. The van der Waals surface area contributed by atoms with Crippen molar-refractivity contribution in [3.63, 3.8) is 0 Å². The monoisotopic (exact) mass is 310 g/mol. The second-order valence-electron chi connectivity index (χ2n) is 6.58. The fourth-order valence-corrected chi connectivity index (χ4v) is 4.23. The summed E-state index contributed by atoms with van der Waals surface area (Å²) in [5, 5.41) is 8.11. The molecule has 2 atom stereocenters. The normalized spacial score (nSPS) is 25.2. The number of hydrogen-bond acceptors (Lipinski definition) is 4. The van der Waals surface area contributed by atoms with E-state index in [-0.39, 0.29) is 5.91 Å². The van der Waals surface area contributed by atoms with Crippen LogP contribution in [0, 0.1) is 5.92 Å². The SMILES string of the molecule is COc1ccc2c(C(=O)N3C4=CN5CCC4CC3C5)n[nH]c2c1. The van der Waals surface area contributed by atoms with E-state index in [0.29, 0.717) is 17.7 Å². The maximum atomic E-state index is 13.1. The standard InChI is InChI=1S/C17H18N4O2/c1-23-12-2-3-13-14(7-12)18-19-16(13)17(22)21-11-6-10-4-5-20(8-11)9-15(10)21/h2-3,7,9-11H,4-6,8H2,1H3,(H,18,19). The third kappa shape index (κ3) is 1.75. The molecule has 4 heterocycles. The number of aromatic nitrogens is 2.